The van der Waals surface area contributed by atoms with Gasteiger partial charge in [0.05, 0.1) is 6.61 Å². The van der Waals surface area contributed by atoms with Gasteiger partial charge in [-0.1, -0.05) is 23.4 Å². The number of aromatic nitrogens is 1. The van der Waals surface area contributed by atoms with E-state index in [1.165, 1.54) is 0 Å². The van der Waals surface area contributed by atoms with Crippen molar-refractivity contribution in [2.75, 3.05) is 18.5 Å². The van der Waals surface area contributed by atoms with Crippen molar-refractivity contribution in [1.29, 1.82) is 0 Å². The molecule has 2 aromatic rings. The zero-order chi connectivity index (χ0) is 15.9. The van der Waals surface area contributed by atoms with Gasteiger partial charge in [-0.05, 0) is 38.3 Å². The van der Waals surface area contributed by atoms with E-state index in [4.69, 9.17) is 9.26 Å². The monoisotopic (exact) mass is 303 g/mol. The topological polar surface area (TPSA) is 76.4 Å². The largest absolute Gasteiger partial charge is 0.493 e. The molecule has 2 rings (SSSR count). The number of nitrogens with zero attached hydrogens (tertiary/aromatic N) is 1. The molecule has 6 heteroatoms. The summed E-state index contributed by atoms with van der Waals surface area (Å²) in [6.07, 6.45) is 0.721. The Hall–Kier alpha value is -2.50. The lowest BCUT2D eigenvalue weighted by Gasteiger charge is -2.12. The molecule has 0 saturated carbocycles. The minimum Gasteiger partial charge on any atom is -0.493 e. The number of hydrogen-bond donors (Lipinski definition) is 2. The first-order chi connectivity index (χ1) is 10.6. The Bertz CT molecular complexity index is 617. The van der Waals surface area contributed by atoms with Gasteiger partial charge in [-0.15, -0.1) is 0 Å². The molecule has 0 atom stereocenters. The quantitative estimate of drug-likeness (QED) is 0.804. The molecule has 0 bridgehead atoms. The minimum atomic E-state index is -0.305. The number of carbonyl (C=O) groups is 1. The Morgan fingerprint density at radius 1 is 1.27 bits per heavy atom. The maximum absolute atomic E-state index is 11.6. The Labute approximate surface area is 129 Å². The summed E-state index contributed by atoms with van der Waals surface area (Å²) in [5.74, 6) is 1.98. The lowest BCUT2D eigenvalue weighted by Crippen LogP contribution is -2.30. The van der Waals surface area contributed by atoms with Crippen LogP contribution >= 0.6 is 0 Å². The van der Waals surface area contributed by atoms with E-state index in [2.05, 4.69) is 15.8 Å². The highest BCUT2D eigenvalue weighted by Crippen LogP contribution is 2.22. The van der Waals surface area contributed by atoms with Crippen LogP contribution in [0.5, 0.6) is 5.75 Å². The number of benzene rings is 1. The van der Waals surface area contributed by atoms with Gasteiger partial charge in [0, 0.05) is 12.6 Å². The molecule has 0 saturated heterocycles. The molecule has 0 fully saturated rings. The third-order valence-corrected chi connectivity index (χ3v) is 3.13. The smallest absolute Gasteiger partial charge is 0.320 e. The Kier molecular flexibility index (Phi) is 5.41. The number of nitrogens with one attached hydrogen (secondary N) is 2. The van der Waals surface area contributed by atoms with E-state index in [0.717, 1.165) is 23.3 Å². The van der Waals surface area contributed by atoms with Gasteiger partial charge < -0.3 is 14.6 Å². The third kappa shape index (κ3) is 4.51. The normalized spacial score (nSPS) is 10.3. The van der Waals surface area contributed by atoms with Gasteiger partial charge in [0.1, 0.15) is 11.5 Å². The van der Waals surface area contributed by atoms with Crippen molar-refractivity contribution in [3.05, 3.63) is 41.2 Å². The third-order valence-electron chi connectivity index (χ3n) is 3.13. The Balaban J connectivity index is 1.66. The van der Waals surface area contributed by atoms with Crippen molar-refractivity contribution in [2.45, 2.75) is 27.2 Å². The molecule has 1 aromatic carbocycles. The number of amides is 2. The van der Waals surface area contributed by atoms with Crippen molar-refractivity contribution in [3.63, 3.8) is 0 Å². The highest BCUT2D eigenvalue weighted by atomic mass is 16.5. The molecule has 0 aliphatic rings. The second-order valence-corrected chi connectivity index (χ2v) is 5.13. The summed E-state index contributed by atoms with van der Waals surface area (Å²) in [6, 6.07) is 7.40. The number of anilines is 1. The number of carbonyl (C=O) groups excluding carboxylic acids is 1. The van der Waals surface area contributed by atoms with Gasteiger partial charge in [-0.25, -0.2) is 4.79 Å². The van der Waals surface area contributed by atoms with Crippen molar-refractivity contribution in [3.8, 4) is 5.75 Å². The van der Waals surface area contributed by atoms with Crippen LogP contribution in [0.1, 0.15) is 23.3 Å². The predicted molar refractivity (Wildman–Crippen MR) is 84.3 cm³/mol. The van der Waals surface area contributed by atoms with Crippen LogP contribution in [-0.2, 0) is 0 Å². The highest BCUT2D eigenvalue weighted by Gasteiger charge is 2.06. The zero-order valence-electron chi connectivity index (χ0n) is 13.1. The van der Waals surface area contributed by atoms with Crippen LogP contribution in [0.3, 0.4) is 0 Å². The van der Waals surface area contributed by atoms with Crippen molar-refractivity contribution < 1.29 is 14.1 Å². The Morgan fingerprint density at radius 3 is 2.64 bits per heavy atom. The van der Waals surface area contributed by atoms with Gasteiger partial charge in [0.25, 0.3) is 0 Å². The van der Waals surface area contributed by atoms with Crippen LogP contribution in [-0.4, -0.2) is 24.3 Å². The first kappa shape index (κ1) is 15.9. The van der Waals surface area contributed by atoms with E-state index >= 15 is 0 Å². The van der Waals surface area contributed by atoms with Gasteiger partial charge in [0.15, 0.2) is 5.82 Å². The second kappa shape index (κ2) is 7.49. The summed E-state index contributed by atoms with van der Waals surface area (Å²) in [5, 5.41) is 9.03. The summed E-state index contributed by atoms with van der Waals surface area (Å²) < 4.78 is 10.6. The van der Waals surface area contributed by atoms with Crippen molar-refractivity contribution in [2.24, 2.45) is 0 Å². The summed E-state index contributed by atoms with van der Waals surface area (Å²) >= 11 is 0. The van der Waals surface area contributed by atoms with E-state index in [1.54, 1.807) is 13.0 Å². The summed E-state index contributed by atoms with van der Waals surface area (Å²) in [7, 11) is 0. The molecule has 0 unspecified atom stereocenters. The molecule has 2 N–H and O–H groups in total. The average Bonchev–Trinajstić information content (AvgIpc) is 2.86. The molecule has 118 valence electrons. The van der Waals surface area contributed by atoms with Crippen LogP contribution in [0, 0.1) is 20.8 Å². The van der Waals surface area contributed by atoms with Crippen LogP contribution < -0.4 is 15.4 Å². The molecular formula is C16H21N3O3. The standard InChI is InChI=1S/C16H21N3O3/c1-11-6-4-7-12(2)15(11)21-9-5-8-17-16(20)18-14-10-13(3)22-19-14/h4,6-7,10H,5,8-9H2,1-3H3,(H2,17,18,19,20). The highest BCUT2D eigenvalue weighted by molar-refractivity contribution is 5.88. The maximum Gasteiger partial charge on any atom is 0.320 e. The summed E-state index contributed by atoms with van der Waals surface area (Å²) in [4.78, 5) is 11.6. The first-order valence-corrected chi connectivity index (χ1v) is 7.23. The van der Waals surface area contributed by atoms with Crippen LogP contribution in [0.2, 0.25) is 0 Å². The number of urea groups is 1. The van der Waals surface area contributed by atoms with Crippen LogP contribution in [0.15, 0.2) is 28.8 Å². The zero-order valence-corrected chi connectivity index (χ0v) is 13.1. The average molecular weight is 303 g/mol. The molecule has 0 aliphatic carbocycles. The molecule has 22 heavy (non-hydrogen) atoms. The van der Waals surface area contributed by atoms with Gasteiger partial charge in [-0.3, -0.25) is 5.32 Å². The van der Waals surface area contributed by atoms with Crippen molar-refractivity contribution >= 4 is 11.8 Å². The molecule has 2 amide bonds. The summed E-state index contributed by atoms with van der Waals surface area (Å²) in [6.45, 7) is 6.88. The van der Waals surface area contributed by atoms with E-state index in [0.29, 0.717) is 24.7 Å². The fourth-order valence-electron chi connectivity index (χ4n) is 2.06. The second-order valence-electron chi connectivity index (χ2n) is 5.13. The fraction of sp³-hybridized carbons (Fsp3) is 0.375. The molecule has 1 aromatic heterocycles. The van der Waals surface area contributed by atoms with Gasteiger partial charge in [0.2, 0.25) is 0 Å². The number of hydrogen-bond acceptors (Lipinski definition) is 4. The summed E-state index contributed by atoms with van der Waals surface area (Å²) in [5.41, 5.74) is 2.24. The molecule has 1 heterocycles. The van der Waals surface area contributed by atoms with E-state index in [1.807, 2.05) is 32.0 Å². The van der Waals surface area contributed by atoms with Gasteiger partial charge in [-0.2, -0.15) is 0 Å². The molecule has 0 aliphatic heterocycles. The lowest BCUT2D eigenvalue weighted by atomic mass is 10.1. The number of ether oxygens (including phenoxy) is 1. The Morgan fingerprint density at radius 2 is 2.00 bits per heavy atom. The number of rotatable bonds is 6. The molecule has 0 radical (unpaired) electrons. The van der Waals surface area contributed by atoms with E-state index in [-0.39, 0.29) is 6.03 Å². The fourth-order valence-corrected chi connectivity index (χ4v) is 2.06. The van der Waals surface area contributed by atoms with Gasteiger partial charge >= 0.3 is 6.03 Å². The van der Waals surface area contributed by atoms with Crippen molar-refractivity contribution in [1.82, 2.24) is 10.5 Å². The van der Waals surface area contributed by atoms with Crippen LogP contribution in [0.4, 0.5) is 10.6 Å². The lowest BCUT2D eigenvalue weighted by molar-refractivity contribution is 0.249. The number of aryl methyl sites for hydroxylation is 3. The van der Waals surface area contributed by atoms with E-state index in [9.17, 15) is 4.79 Å². The molecule has 6 nitrogen and oxygen atoms in total. The minimum absolute atomic E-state index is 0.305. The predicted octanol–water partition coefficient (Wildman–Crippen LogP) is 3.19. The van der Waals surface area contributed by atoms with E-state index < -0.39 is 0 Å². The molecular weight excluding hydrogens is 282 g/mol. The first-order valence-electron chi connectivity index (χ1n) is 7.23. The van der Waals surface area contributed by atoms with Crippen LogP contribution in [0.25, 0.3) is 0 Å². The SMILES string of the molecule is Cc1cc(NC(=O)NCCCOc2c(C)cccc2C)no1. The maximum atomic E-state index is 11.6. The number of para-hydroxylation sites is 1. The molecule has 0 spiro atoms.